The molecule has 0 saturated carbocycles. The van der Waals surface area contributed by atoms with Gasteiger partial charge in [0.1, 0.15) is 11.9 Å². The smallest absolute Gasteiger partial charge is 0.245 e. The third kappa shape index (κ3) is 5.47. The molecule has 0 spiro atoms. The summed E-state index contributed by atoms with van der Waals surface area (Å²) >= 11 is 1.73. The number of nitrogens with zero attached hydrogens (tertiary/aromatic N) is 3. The molecule has 7 nitrogen and oxygen atoms in total. The van der Waals surface area contributed by atoms with Crippen LogP contribution in [0.25, 0.3) is 11.4 Å². The minimum absolute atomic E-state index is 0.0384. The number of carbonyl (C=O) groups excluding carboxylic acids is 2. The Morgan fingerprint density at radius 3 is 2.97 bits per heavy atom. The molecule has 1 aromatic carbocycles. The van der Waals surface area contributed by atoms with Gasteiger partial charge < -0.3 is 14.7 Å². The average molecular weight is 471 g/mol. The van der Waals surface area contributed by atoms with E-state index in [9.17, 15) is 14.0 Å². The predicted molar refractivity (Wildman–Crippen MR) is 123 cm³/mol. The summed E-state index contributed by atoms with van der Waals surface area (Å²) in [5, 5.41) is 8.83. The molecule has 0 bridgehead atoms. The summed E-state index contributed by atoms with van der Waals surface area (Å²) in [5.41, 5.74) is 2.25. The highest BCUT2D eigenvalue weighted by Gasteiger charge is 2.28. The van der Waals surface area contributed by atoms with Crippen LogP contribution in [0, 0.1) is 12.7 Å². The quantitative estimate of drug-likeness (QED) is 0.537. The number of carbonyl (C=O) groups is 2. The van der Waals surface area contributed by atoms with E-state index in [0.29, 0.717) is 36.5 Å². The Morgan fingerprint density at radius 1 is 1.33 bits per heavy atom. The lowest BCUT2D eigenvalue weighted by Gasteiger charge is -2.30. The Hall–Kier alpha value is -3.07. The second-order valence-corrected chi connectivity index (χ2v) is 9.26. The second-order valence-electron chi connectivity index (χ2n) is 8.26. The van der Waals surface area contributed by atoms with Crippen molar-refractivity contribution < 1.29 is 18.5 Å². The fraction of sp³-hybridized carbons (Fsp3) is 0.417. The molecule has 2 aromatic heterocycles. The summed E-state index contributed by atoms with van der Waals surface area (Å²) in [7, 11) is 0. The van der Waals surface area contributed by atoms with Gasteiger partial charge in [-0.1, -0.05) is 30.6 Å². The molecule has 174 valence electrons. The average Bonchev–Trinajstić information content (AvgIpc) is 3.48. The Bertz CT molecular complexity index is 1140. The zero-order chi connectivity index (χ0) is 23.4. The number of rotatable bonds is 8. The van der Waals surface area contributed by atoms with Crippen LogP contribution in [0.1, 0.15) is 48.1 Å². The molecule has 3 heterocycles. The minimum Gasteiger partial charge on any atom is -0.344 e. The SMILES string of the molecule is CCCC(NC(=O)CCc1nc(-c2ccc(C)c(F)c2)no1)C(=O)N1CCc2sccc2C1. The van der Waals surface area contributed by atoms with Crippen LogP contribution in [-0.4, -0.2) is 39.4 Å². The van der Waals surface area contributed by atoms with E-state index in [1.165, 1.54) is 16.5 Å². The number of amides is 2. The Balaban J connectivity index is 1.32. The molecule has 9 heteroatoms. The minimum atomic E-state index is -0.545. The number of nitrogens with one attached hydrogen (secondary N) is 1. The van der Waals surface area contributed by atoms with Crippen molar-refractivity contribution in [2.75, 3.05) is 6.54 Å². The third-order valence-corrected chi connectivity index (χ3v) is 6.82. The molecule has 0 fully saturated rings. The monoisotopic (exact) mass is 470 g/mol. The fourth-order valence-corrected chi connectivity index (χ4v) is 4.79. The highest BCUT2D eigenvalue weighted by Crippen LogP contribution is 2.25. The number of halogens is 1. The van der Waals surface area contributed by atoms with Crippen molar-refractivity contribution in [1.82, 2.24) is 20.4 Å². The topological polar surface area (TPSA) is 88.3 Å². The first-order valence-corrected chi connectivity index (χ1v) is 12.0. The number of aromatic nitrogens is 2. The standard InChI is InChI=1S/C24H27FN4O3S/c1-3-4-19(24(31)29-11-9-20-17(14-29)10-12-33-20)26-21(30)7-8-22-27-23(28-32-22)16-6-5-15(2)18(25)13-16/h5-6,10,12-13,19H,3-4,7-9,11,14H2,1-2H3,(H,26,30). The Labute approximate surface area is 196 Å². The van der Waals surface area contributed by atoms with Gasteiger partial charge in [-0.25, -0.2) is 4.39 Å². The number of benzene rings is 1. The van der Waals surface area contributed by atoms with Crippen LogP contribution in [0.2, 0.25) is 0 Å². The Morgan fingerprint density at radius 2 is 2.18 bits per heavy atom. The van der Waals surface area contributed by atoms with Crippen LogP contribution in [-0.2, 0) is 29.0 Å². The van der Waals surface area contributed by atoms with Crippen molar-refractivity contribution in [3.63, 3.8) is 0 Å². The van der Waals surface area contributed by atoms with E-state index in [4.69, 9.17) is 4.52 Å². The third-order valence-electron chi connectivity index (χ3n) is 5.79. The molecule has 33 heavy (non-hydrogen) atoms. The molecule has 1 unspecified atom stereocenters. The zero-order valence-corrected chi connectivity index (χ0v) is 19.6. The Kier molecular flexibility index (Phi) is 7.17. The molecule has 1 atom stereocenters. The maximum absolute atomic E-state index is 13.8. The van der Waals surface area contributed by atoms with Crippen LogP contribution < -0.4 is 5.32 Å². The molecule has 1 N–H and O–H groups in total. The van der Waals surface area contributed by atoms with Crippen molar-refractivity contribution in [3.05, 3.63) is 57.4 Å². The van der Waals surface area contributed by atoms with Crippen molar-refractivity contribution in [2.24, 2.45) is 0 Å². The highest BCUT2D eigenvalue weighted by atomic mass is 32.1. The van der Waals surface area contributed by atoms with Crippen molar-refractivity contribution >= 4 is 23.2 Å². The summed E-state index contributed by atoms with van der Waals surface area (Å²) in [6.07, 6.45) is 2.58. The van der Waals surface area contributed by atoms with Crippen molar-refractivity contribution in [1.29, 1.82) is 0 Å². The summed E-state index contributed by atoms with van der Waals surface area (Å²) < 4.78 is 19.0. The zero-order valence-electron chi connectivity index (χ0n) is 18.8. The molecule has 0 saturated heterocycles. The summed E-state index contributed by atoms with van der Waals surface area (Å²) in [5.74, 6) is -0.0461. The number of fused-ring (bicyclic) bond motifs is 1. The normalized spacial score (nSPS) is 14.1. The maximum Gasteiger partial charge on any atom is 0.245 e. The van der Waals surface area contributed by atoms with E-state index in [1.54, 1.807) is 30.4 Å². The lowest BCUT2D eigenvalue weighted by molar-refractivity contribution is -0.137. The lowest BCUT2D eigenvalue weighted by atomic mass is 10.1. The van der Waals surface area contributed by atoms with E-state index < -0.39 is 6.04 Å². The molecule has 4 rings (SSSR count). The van der Waals surface area contributed by atoms with Crippen LogP contribution in [0.3, 0.4) is 0 Å². The van der Waals surface area contributed by atoms with Gasteiger partial charge in [-0.3, -0.25) is 9.59 Å². The number of hydrogen-bond acceptors (Lipinski definition) is 6. The van der Waals surface area contributed by atoms with Gasteiger partial charge in [0.15, 0.2) is 0 Å². The molecule has 3 aromatic rings. The van der Waals surface area contributed by atoms with Gasteiger partial charge in [0.25, 0.3) is 0 Å². The van der Waals surface area contributed by atoms with Crippen molar-refractivity contribution in [2.45, 2.75) is 58.5 Å². The summed E-state index contributed by atoms with van der Waals surface area (Å²) in [6.45, 7) is 4.94. The largest absolute Gasteiger partial charge is 0.344 e. The second kappa shape index (κ2) is 10.2. The highest BCUT2D eigenvalue weighted by molar-refractivity contribution is 7.10. The maximum atomic E-state index is 13.8. The molecule has 0 aliphatic carbocycles. The molecule has 0 radical (unpaired) electrons. The molecule has 2 amide bonds. The summed E-state index contributed by atoms with van der Waals surface area (Å²) in [4.78, 5) is 33.1. The molecular weight excluding hydrogens is 443 g/mol. The fourth-order valence-electron chi connectivity index (χ4n) is 3.90. The van der Waals surface area contributed by atoms with Gasteiger partial charge in [0.2, 0.25) is 23.5 Å². The number of aryl methyl sites for hydroxylation is 2. The van der Waals surface area contributed by atoms with Crippen molar-refractivity contribution in [3.8, 4) is 11.4 Å². The van der Waals surface area contributed by atoms with Crippen LogP contribution >= 0.6 is 11.3 Å². The first-order valence-electron chi connectivity index (χ1n) is 11.2. The van der Waals surface area contributed by atoms with Gasteiger partial charge in [-0.2, -0.15) is 4.98 Å². The van der Waals surface area contributed by atoms with E-state index in [-0.39, 0.29) is 36.3 Å². The van der Waals surface area contributed by atoms with Gasteiger partial charge in [0, 0.05) is 36.4 Å². The van der Waals surface area contributed by atoms with Gasteiger partial charge in [-0.05, 0) is 48.4 Å². The first-order chi connectivity index (χ1) is 15.9. The first kappa shape index (κ1) is 23.1. The van der Waals surface area contributed by atoms with Crippen LogP contribution in [0.15, 0.2) is 34.2 Å². The lowest BCUT2D eigenvalue weighted by Crippen LogP contribution is -2.49. The molecule has 1 aliphatic heterocycles. The van der Waals surface area contributed by atoms with E-state index in [0.717, 1.165) is 12.8 Å². The van der Waals surface area contributed by atoms with Crippen LogP contribution in [0.4, 0.5) is 4.39 Å². The van der Waals surface area contributed by atoms with Gasteiger partial charge >= 0.3 is 0 Å². The molecular formula is C24H27FN4O3S. The van der Waals surface area contributed by atoms with E-state index >= 15 is 0 Å². The number of thiophene rings is 1. The van der Waals surface area contributed by atoms with Crippen LogP contribution in [0.5, 0.6) is 0 Å². The number of hydrogen-bond donors (Lipinski definition) is 1. The predicted octanol–water partition coefficient (Wildman–Crippen LogP) is 4.05. The molecule has 1 aliphatic rings. The van der Waals surface area contributed by atoms with E-state index in [2.05, 4.69) is 26.9 Å². The summed E-state index contributed by atoms with van der Waals surface area (Å²) in [6, 6.07) is 6.26. The van der Waals surface area contributed by atoms with E-state index in [1.807, 2.05) is 11.8 Å². The van der Waals surface area contributed by atoms with Gasteiger partial charge in [0.05, 0.1) is 0 Å². The van der Waals surface area contributed by atoms with Gasteiger partial charge in [-0.15, -0.1) is 11.3 Å².